The quantitative estimate of drug-likeness (QED) is 0.527. The molecule has 0 unspecified atom stereocenters. The van der Waals surface area contributed by atoms with E-state index in [0.29, 0.717) is 5.88 Å². The van der Waals surface area contributed by atoms with Crippen LogP contribution in [0, 0.1) is 17.0 Å². The monoisotopic (exact) mass is 296 g/mol. The molecule has 1 aliphatic rings. The SMILES string of the molecule is Cc1ccc([N+](=O)[O-])c(C(=O)NC2(CCl)CCCC2)c1. The summed E-state index contributed by atoms with van der Waals surface area (Å²) in [4.78, 5) is 22.9. The van der Waals surface area contributed by atoms with Gasteiger partial charge in [0.2, 0.25) is 0 Å². The first-order valence-corrected chi connectivity index (χ1v) is 7.14. The maximum Gasteiger partial charge on any atom is 0.282 e. The fourth-order valence-corrected chi connectivity index (χ4v) is 2.98. The van der Waals surface area contributed by atoms with Crippen LogP contribution in [0.15, 0.2) is 18.2 Å². The molecule has 1 aromatic rings. The van der Waals surface area contributed by atoms with Gasteiger partial charge in [-0.2, -0.15) is 0 Å². The minimum absolute atomic E-state index is 0.103. The Labute approximate surface area is 122 Å². The van der Waals surface area contributed by atoms with Crippen LogP contribution in [0.1, 0.15) is 41.6 Å². The number of amides is 1. The summed E-state index contributed by atoms with van der Waals surface area (Å²) < 4.78 is 0. The number of hydrogen-bond acceptors (Lipinski definition) is 3. The molecule has 1 aliphatic carbocycles. The van der Waals surface area contributed by atoms with Crippen LogP contribution >= 0.6 is 11.6 Å². The van der Waals surface area contributed by atoms with E-state index < -0.39 is 16.4 Å². The van der Waals surface area contributed by atoms with Crippen LogP contribution in [0.4, 0.5) is 5.69 Å². The summed E-state index contributed by atoms with van der Waals surface area (Å²) in [6.45, 7) is 1.80. The van der Waals surface area contributed by atoms with Crippen molar-refractivity contribution in [3.63, 3.8) is 0 Å². The predicted molar refractivity (Wildman–Crippen MR) is 77.2 cm³/mol. The Bertz CT molecular complexity index is 539. The van der Waals surface area contributed by atoms with Crippen LogP contribution in [-0.4, -0.2) is 22.2 Å². The second-order valence-electron chi connectivity index (χ2n) is 5.35. The molecule has 0 radical (unpaired) electrons. The molecule has 108 valence electrons. The molecule has 0 saturated heterocycles. The normalized spacial score (nSPS) is 16.9. The minimum Gasteiger partial charge on any atom is -0.345 e. The van der Waals surface area contributed by atoms with Crippen molar-refractivity contribution in [2.75, 3.05) is 5.88 Å². The second kappa shape index (κ2) is 5.79. The van der Waals surface area contributed by atoms with E-state index in [0.717, 1.165) is 31.2 Å². The van der Waals surface area contributed by atoms with Crippen LogP contribution < -0.4 is 5.32 Å². The molecule has 0 spiro atoms. The zero-order chi connectivity index (χ0) is 14.8. The van der Waals surface area contributed by atoms with Gasteiger partial charge in [-0.1, -0.05) is 18.9 Å². The maximum absolute atomic E-state index is 12.4. The Morgan fingerprint density at radius 1 is 1.45 bits per heavy atom. The van der Waals surface area contributed by atoms with Crippen molar-refractivity contribution in [2.24, 2.45) is 0 Å². The molecule has 0 atom stereocenters. The molecule has 0 aromatic heterocycles. The molecule has 1 fully saturated rings. The number of nitrogens with one attached hydrogen (secondary N) is 1. The highest BCUT2D eigenvalue weighted by Gasteiger charge is 2.35. The number of benzene rings is 1. The highest BCUT2D eigenvalue weighted by Crippen LogP contribution is 2.31. The number of halogens is 1. The number of aryl methyl sites for hydroxylation is 1. The van der Waals surface area contributed by atoms with Crippen LogP contribution in [-0.2, 0) is 0 Å². The molecule has 0 bridgehead atoms. The largest absolute Gasteiger partial charge is 0.345 e. The molecule has 20 heavy (non-hydrogen) atoms. The van der Waals surface area contributed by atoms with Gasteiger partial charge in [-0.3, -0.25) is 14.9 Å². The third kappa shape index (κ3) is 2.93. The summed E-state index contributed by atoms with van der Waals surface area (Å²) in [7, 11) is 0. The minimum atomic E-state index is -0.531. The van der Waals surface area contributed by atoms with Gasteiger partial charge in [-0.05, 0) is 31.4 Å². The lowest BCUT2D eigenvalue weighted by Crippen LogP contribution is -2.48. The third-order valence-corrected chi connectivity index (χ3v) is 4.30. The fraction of sp³-hybridized carbons (Fsp3) is 0.500. The van der Waals surface area contributed by atoms with E-state index in [-0.39, 0.29) is 11.3 Å². The molecule has 0 aliphatic heterocycles. The Kier molecular flexibility index (Phi) is 4.28. The van der Waals surface area contributed by atoms with Crippen molar-refractivity contribution in [2.45, 2.75) is 38.1 Å². The van der Waals surface area contributed by atoms with Crippen molar-refractivity contribution in [3.05, 3.63) is 39.4 Å². The molecule has 1 amide bonds. The van der Waals surface area contributed by atoms with Gasteiger partial charge in [0.05, 0.1) is 10.5 Å². The zero-order valence-electron chi connectivity index (χ0n) is 11.3. The van der Waals surface area contributed by atoms with E-state index in [1.807, 2.05) is 0 Å². The van der Waals surface area contributed by atoms with E-state index in [1.165, 1.54) is 6.07 Å². The average molecular weight is 297 g/mol. The van der Waals surface area contributed by atoms with Crippen LogP contribution in [0.2, 0.25) is 0 Å². The first-order valence-electron chi connectivity index (χ1n) is 6.61. The molecule has 1 aromatic carbocycles. The Hall–Kier alpha value is -1.62. The smallest absolute Gasteiger partial charge is 0.282 e. The molecule has 1 N–H and O–H groups in total. The molecule has 2 rings (SSSR count). The molecular formula is C14H17ClN2O3. The third-order valence-electron chi connectivity index (χ3n) is 3.79. The van der Waals surface area contributed by atoms with E-state index >= 15 is 0 Å². The number of alkyl halides is 1. The first-order chi connectivity index (χ1) is 9.47. The van der Waals surface area contributed by atoms with Gasteiger partial charge < -0.3 is 5.32 Å². The van der Waals surface area contributed by atoms with Crippen LogP contribution in [0.3, 0.4) is 0 Å². The molecular weight excluding hydrogens is 280 g/mol. The number of nitro groups is 1. The van der Waals surface area contributed by atoms with Crippen LogP contribution in [0.25, 0.3) is 0 Å². The summed E-state index contributed by atoms with van der Waals surface area (Å²) in [6, 6.07) is 4.54. The summed E-state index contributed by atoms with van der Waals surface area (Å²) in [5, 5.41) is 13.9. The average Bonchev–Trinajstić information content (AvgIpc) is 2.87. The second-order valence-corrected chi connectivity index (χ2v) is 5.62. The molecule has 6 heteroatoms. The van der Waals surface area contributed by atoms with Gasteiger partial charge in [0.1, 0.15) is 5.56 Å². The number of nitrogens with zero attached hydrogens (tertiary/aromatic N) is 1. The van der Waals surface area contributed by atoms with Crippen molar-refractivity contribution in [1.82, 2.24) is 5.32 Å². The summed E-state index contributed by atoms with van der Waals surface area (Å²) in [5.41, 5.74) is 0.324. The predicted octanol–water partition coefficient (Wildman–Crippen LogP) is 3.18. The van der Waals surface area contributed by atoms with Crippen LogP contribution in [0.5, 0.6) is 0 Å². The Morgan fingerprint density at radius 3 is 2.65 bits per heavy atom. The molecule has 1 saturated carbocycles. The van der Waals surface area contributed by atoms with E-state index in [9.17, 15) is 14.9 Å². The lowest BCUT2D eigenvalue weighted by Gasteiger charge is -2.27. The number of carbonyl (C=O) groups is 1. The highest BCUT2D eigenvalue weighted by atomic mass is 35.5. The number of carbonyl (C=O) groups excluding carboxylic acids is 1. The van der Waals surface area contributed by atoms with Crippen molar-refractivity contribution in [3.8, 4) is 0 Å². The van der Waals surface area contributed by atoms with E-state index in [1.54, 1.807) is 19.1 Å². The molecule has 0 heterocycles. The van der Waals surface area contributed by atoms with Crippen molar-refractivity contribution in [1.29, 1.82) is 0 Å². The lowest BCUT2D eigenvalue weighted by atomic mass is 9.99. The van der Waals surface area contributed by atoms with Gasteiger partial charge in [-0.15, -0.1) is 11.6 Å². The number of hydrogen-bond donors (Lipinski definition) is 1. The highest BCUT2D eigenvalue weighted by molar-refractivity contribution is 6.19. The lowest BCUT2D eigenvalue weighted by molar-refractivity contribution is -0.385. The van der Waals surface area contributed by atoms with Gasteiger partial charge in [-0.25, -0.2) is 0 Å². The fourth-order valence-electron chi connectivity index (χ4n) is 2.64. The topological polar surface area (TPSA) is 72.2 Å². The van der Waals surface area contributed by atoms with Gasteiger partial charge in [0, 0.05) is 11.9 Å². The number of rotatable bonds is 4. The van der Waals surface area contributed by atoms with Crippen molar-refractivity contribution >= 4 is 23.2 Å². The van der Waals surface area contributed by atoms with Gasteiger partial charge >= 0.3 is 0 Å². The summed E-state index contributed by atoms with van der Waals surface area (Å²) in [5.74, 6) is -0.0822. The standard InChI is InChI=1S/C14H17ClN2O3/c1-10-4-5-12(17(19)20)11(8-10)13(18)16-14(9-15)6-2-3-7-14/h4-5,8H,2-3,6-7,9H2,1H3,(H,16,18). The number of nitro benzene ring substituents is 1. The van der Waals surface area contributed by atoms with Gasteiger partial charge in [0.15, 0.2) is 0 Å². The Balaban J connectivity index is 2.29. The van der Waals surface area contributed by atoms with E-state index in [4.69, 9.17) is 11.6 Å². The summed E-state index contributed by atoms with van der Waals surface area (Å²) >= 11 is 5.98. The Morgan fingerprint density at radius 2 is 2.10 bits per heavy atom. The summed E-state index contributed by atoms with van der Waals surface area (Å²) in [6.07, 6.45) is 3.68. The maximum atomic E-state index is 12.4. The van der Waals surface area contributed by atoms with E-state index in [2.05, 4.69) is 5.32 Å². The van der Waals surface area contributed by atoms with Crippen molar-refractivity contribution < 1.29 is 9.72 Å². The first kappa shape index (κ1) is 14.8. The molecule has 5 nitrogen and oxygen atoms in total. The zero-order valence-corrected chi connectivity index (χ0v) is 12.1. The van der Waals surface area contributed by atoms with Gasteiger partial charge in [0.25, 0.3) is 11.6 Å².